The zero-order chi connectivity index (χ0) is 16.5. The van der Waals surface area contributed by atoms with Crippen LogP contribution in [-0.2, 0) is 0 Å². The van der Waals surface area contributed by atoms with Crippen LogP contribution in [0.2, 0.25) is 0 Å². The van der Waals surface area contributed by atoms with Gasteiger partial charge in [0.2, 0.25) is 0 Å². The van der Waals surface area contributed by atoms with Crippen LogP contribution in [0.4, 0.5) is 0 Å². The van der Waals surface area contributed by atoms with E-state index in [0.717, 1.165) is 5.57 Å². The maximum absolute atomic E-state index is 12.3. The van der Waals surface area contributed by atoms with Crippen LogP contribution in [-0.4, -0.2) is 19.1 Å². The van der Waals surface area contributed by atoms with Crippen molar-refractivity contribution in [3.05, 3.63) is 46.4 Å². The monoisotopic (exact) mass is 321 g/mol. The van der Waals surface area contributed by atoms with Crippen molar-refractivity contribution in [2.75, 3.05) is 13.2 Å². The Bertz CT molecular complexity index is 539. The second kappa shape index (κ2) is 9.20. The molecule has 0 bridgehead atoms. The average Bonchev–Trinajstić information content (AvgIpc) is 2.45. The van der Waals surface area contributed by atoms with Gasteiger partial charge in [0.25, 0.3) is 5.91 Å². The minimum Gasteiger partial charge on any atom is -0.494 e. The summed E-state index contributed by atoms with van der Waals surface area (Å²) in [5, 5.41) is 5.27. The van der Waals surface area contributed by atoms with Gasteiger partial charge in [-0.05, 0) is 45.2 Å². The summed E-state index contributed by atoms with van der Waals surface area (Å²) in [4.78, 5) is 12.3. The predicted molar refractivity (Wildman–Crippen MR) is 92.4 cm³/mol. The lowest BCUT2D eigenvalue weighted by Crippen LogP contribution is -2.20. The zero-order valence-electron chi connectivity index (χ0n) is 13.6. The molecule has 120 valence electrons. The number of allylic oxidation sites excluding steroid dienone is 1. The number of nitrogens with one attached hydrogen (secondary N) is 1. The molecule has 0 aliphatic carbocycles. The van der Waals surface area contributed by atoms with Crippen molar-refractivity contribution in [1.29, 1.82) is 0 Å². The normalized spacial score (nSPS) is 9.82. The number of thioether (sulfide) groups is 1. The quantitative estimate of drug-likeness (QED) is 0.773. The number of hydrogen-bond donors (Lipinski definition) is 1. The van der Waals surface area contributed by atoms with E-state index in [2.05, 4.69) is 11.9 Å². The molecule has 0 saturated carbocycles. The summed E-state index contributed by atoms with van der Waals surface area (Å²) in [7, 11) is 0. The van der Waals surface area contributed by atoms with E-state index in [9.17, 15) is 4.79 Å². The number of amides is 1. The summed E-state index contributed by atoms with van der Waals surface area (Å²) in [6.07, 6.45) is 0. The zero-order valence-corrected chi connectivity index (χ0v) is 14.4. The molecule has 1 rings (SSSR count). The molecule has 0 aliphatic heterocycles. The Labute approximate surface area is 136 Å². The van der Waals surface area contributed by atoms with Crippen LogP contribution < -0.4 is 14.8 Å². The molecule has 0 saturated heterocycles. The van der Waals surface area contributed by atoms with Crippen LogP contribution >= 0.6 is 11.8 Å². The second-order valence-corrected chi connectivity index (χ2v) is 5.71. The fourth-order valence-electron chi connectivity index (χ4n) is 1.62. The first-order valence-corrected chi connectivity index (χ1v) is 8.05. The number of carbonyl (C=O) groups excluding carboxylic acids is 1. The molecule has 1 N–H and O–H groups in total. The summed E-state index contributed by atoms with van der Waals surface area (Å²) in [5.74, 6) is 0.990. The molecule has 0 heterocycles. The Balaban J connectivity index is 2.86. The summed E-state index contributed by atoms with van der Waals surface area (Å²) < 4.78 is 10.9. The van der Waals surface area contributed by atoms with Gasteiger partial charge in [-0.25, -0.2) is 0 Å². The maximum atomic E-state index is 12.3. The maximum Gasteiger partial charge on any atom is 0.256 e. The first-order valence-electron chi connectivity index (χ1n) is 7.17. The third-order valence-electron chi connectivity index (χ3n) is 2.45. The molecule has 22 heavy (non-hydrogen) atoms. The van der Waals surface area contributed by atoms with Gasteiger partial charge in [-0.15, -0.1) is 0 Å². The van der Waals surface area contributed by atoms with Crippen molar-refractivity contribution < 1.29 is 14.3 Å². The topological polar surface area (TPSA) is 47.6 Å². The summed E-state index contributed by atoms with van der Waals surface area (Å²) >= 11 is 1.39. The van der Waals surface area contributed by atoms with E-state index in [1.165, 1.54) is 11.8 Å². The van der Waals surface area contributed by atoms with E-state index in [1.807, 2.05) is 33.1 Å². The molecule has 1 aromatic rings. The molecular formula is C17H23NO3S. The summed E-state index contributed by atoms with van der Waals surface area (Å²) in [6.45, 7) is 12.7. The lowest BCUT2D eigenvalue weighted by atomic mass is 10.2. The number of rotatable bonds is 8. The van der Waals surface area contributed by atoms with Gasteiger partial charge in [0.15, 0.2) is 0 Å². The Kier molecular flexibility index (Phi) is 7.60. The van der Waals surface area contributed by atoms with Gasteiger partial charge >= 0.3 is 0 Å². The van der Waals surface area contributed by atoms with Crippen molar-refractivity contribution >= 4 is 17.7 Å². The molecule has 0 spiro atoms. The highest BCUT2D eigenvalue weighted by molar-refractivity contribution is 8.05. The fraction of sp³-hybridized carbons (Fsp3) is 0.353. The van der Waals surface area contributed by atoms with Gasteiger partial charge in [0.1, 0.15) is 11.5 Å². The van der Waals surface area contributed by atoms with E-state index in [1.54, 1.807) is 18.2 Å². The van der Waals surface area contributed by atoms with Crippen molar-refractivity contribution in [3.8, 4) is 11.5 Å². The Morgan fingerprint density at radius 2 is 1.73 bits per heavy atom. The van der Waals surface area contributed by atoms with Crippen LogP contribution in [0.25, 0.3) is 0 Å². The lowest BCUT2D eigenvalue weighted by molar-refractivity contribution is 0.0968. The first kappa shape index (κ1) is 18.2. The largest absolute Gasteiger partial charge is 0.494 e. The Morgan fingerprint density at radius 1 is 1.18 bits per heavy atom. The van der Waals surface area contributed by atoms with Crippen LogP contribution in [0, 0.1) is 0 Å². The van der Waals surface area contributed by atoms with Gasteiger partial charge in [-0.2, -0.15) is 0 Å². The molecule has 0 aromatic heterocycles. The number of benzene rings is 1. The molecule has 0 atom stereocenters. The van der Waals surface area contributed by atoms with Crippen molar-refractivity contribution in [2.24, 2.45) is 0 Å². The van der Waals surface area contributed by atoms with Crippen molar-refractivity contribution in [1.82, 2.24) is 5.32 Å². The molecule has 5 heteroatoms. The highest BCUT2D eigenvalue weighted by atomic mass is 32.2. The second-order valence-electron chi connectivity index (χ2n) is 4.75. The molecule has 0 radical (unpaired) electrons. The molecule has 1 aromatic carbocycles. The molecule has 0 fully saturated rings. The summed E-state index contributed by atoms with van der Waals surface area (Å²) in [6, 6.07) is 5.16. The van der Waals surface area contributed by atoms with E-state index in [-0.39, 0.29) is 5.91 Å². The first-order chi connectivity index (χ1) is 10.5. The standard InChI is InChI=1S/C17H23NO3S/c1-6-20-15-8-14(9-16(10-15)21-7-2)17(19)18-13(5)22-11-12(3)4/h8-11H,5-7H2,1-4H3,(H,18,19). The molecule has 1 amide bonds. The number of hydrogen-bond acceptors (Lipinski definition) is 4. The highest BCUT2D eigenvalue weighted by Crippen LogP contribution is 2.24. The van der Waals surface area contributed by atoms with Crippen molar-refractivity contribution in [2.45, 2.75) is 27.7 Å². The van der Waals surface area contributed by atoms with Gasteiger partial charge in [-0.3, -0.25) is 4.79 Å². The van der Waals surface area contributed by atoms with E-state index in [4.69, 9.17) is 9.47 Å². The molecule has 4 nitrogen and oxygen atoms in total. The number of carbonyl (C=O) groups is 1. The van der Waals surface area contributed by atoms with E-state index in [0.29, 0.717) is 35.3 Å². The third-order valence-corrected chi connectivity index (χ3v) is 3.43. The van der Waals surface area contributed by atoms with Crippen LogP contribution in [0.1, 0.15) is 38.1 Å². The molecular weight excluding hydrogens is 298 g/mol. The number of ether oxygens (including phenoxy) is 2. The van der Waals surface area contributed by atoms with Gasteiger partial charge in [0.05, 0.1) is 18.2 Å². The third kappa shape index (κ3) is 6.26. The van der Waals surface area contributed by atoms with Crippen LogP contribution in [0.15, 0.2) is 40.8 Å². The smallest absolute Gasteiger partial charge is 0.256 e. The molecule has 0 aliphatic rings. The van der Waals surface area contributed by atoms with Crippen molar-refractivity contribution in [3.63, 3.8) is 0 Å². The average molecular weight is 321 g/mol. The van der Waals surface area contributed by atoms with E-state index >= 15 is 0 Å². The van der Waals surface area contributed by atoms with Gasteiger partial charge in [0, 0.05) is 11.6 Å². The SMILES string of the molecule is C=C(NC(=O)c1cc(OCC)cc(OCC)c1)SC=C(C)C. The minimum atomic E-state index is -0.234. The predicted octanol–water partition coefficient (Wildman–Crippen LogP) is 4.34. The highest BCUT2D eigenvalue weighted by Gasteiger charge is 2.11. The van der Waals surface area contributed by atoms with Gasteiger partial charge in [-0.1, -0.05) is 23.9 Å². The summed E-state index contributed by atoms with van der Waals surface area (Å²) in [5.41, 5.74) is 1.63. The lowest BCUT2D eigenvalue weighted by Gasteiger charge is -2.11. The van der Waals surface area contributed by atoms with E-state index < -0.39 is 0 Å². The Morgan fingerprint density at radius 3 is 2.18 bits per heavy atom. The van der Waals surface area contributed by atoms with Crippen LogP contribution in [0.3, 0.4) is 0 Å². The Hall–Kier alpha value is -1.88. The molecule has 0 unspecified atom stereocenters. The van der Waals surface area contributed by atoms with Gasteiger partial charge < -0.3 is 14.8 Å². The van der Waals surface area contributed by atoms with Crippen LogP contribution in [0.5, 0.6) is 11.5 Å². The fourth-order valence-corrected chi connectivity index (χ4v) is 2.15. The minimum absolute atomic E-state index is 0.234.